The smallest absolute Gasteiger partial charge is 0.246 e. The zero-order chi connectivity index (χ0) is 15.9. The van der Waals surface area contributed by atoms with E-state index >= 15 is 0 Å². The molecule has 1 unspecified atom stereocenters. The highest BCUT2D eigenvalue weighted by Crippen LogP contribution is 2.16. The number of carbonyl (C=O) groups excluding carboxylic acids is 2. The fourth-order valence-corrected chi connectivity index (χ4v) is 2.70. The summed E-state index contributed by atoms with van der Waals surface area (Å²) in [6.45, 7) is 5.35. The van der Waals surface area contributed by atoms with Gasteiger partial charge in [-0.1, -0.05) is 18.2 Å². The highest BCUT2D eigenvalue weighted by Gasteiger charge is 2.24. The Bertz CT molecular complexity index is 498. The Morgan fingerprint density at radius 1 is 1.27 bits per heavy atom. The van der Waals surface area contributed by atoms with Crippen LogP contribution in [0.25, 0.3) is 0 Å². The summed E-state index contributed by atoms with van der Waals surface area (Å²) in [7, 11) is 0. The van der Waals surface area contributed by atoms with Crippen molar-refractivity contribution < 1.29 is 14.3 Å². The fraction of sp³-hybridized carbons (Fsp3) is 0.529. The van der Waals surface area contributed by atoms with Crippen molar-refractivity contribution in [3.05, 3.63) is 30.3 Å². The first-order valence-electron chi connectivity index (χ1n) is 7.84. The molecule has 1 aliphatic rings. The van der Waals surface area contributed by atoms with Crippen LogP contribution in [0.1, 0.15) is 26.7 Å². The molecule has 0 N–H and O–H groups in total. The van der Waals surface area contributed by atoms with E-state index in [0.717, 1.165) is 25.1 Å². The number of hydrogen-bond donors (Lipinski definition) is 0. The van der Waals surface area contributed by atoms with Gasteiger partial charge in [0, 0.05) is 32.3 Å². The molecule has 0 bridgehead atoms. The van der Waals surface area contributed by atoms with Crippen LogP contribution in [-0.2, 0) is 14.3 Å². The van der Waals surface area contributed by atoms with Crippen molar-refractivity contribution in [3.63, 3.8) is 0 Å². The molecule has 5 nitrogen and oxygen atoms in total. The summed E-state index contributed by atoms with van der Waals surface area (Å²) in [6.07, 6.45) is 2.03. The Morgan fingerprint density at radius 2 is 2.00 bits per heavy atom. The third kappa shape index (κ3) is 4.31. The lowest BCUT2D eigenvalue weighted by Crippen LogP contribution is -2.45. The topological polar surface area (TPSA) is 49.9 Å². The van der Waals surface area contributed by atoms with E-state index in [1.807, 2.05) is 37.3 Å². The first-order valence-corrected chi connectivity index (χ1v) is 7.84. The predicted octanol–water partition coefficient (Wildman–Crippen LogP) is 2.07. The average molecular weight is 304 g/mol. The van der Waals surface area contributed by atoms with Crippen LogP contribution >= 0.6 is 0 Å². The van der Waals surface area contributed by atoms with Crippen LogP contribution in [0.4, 0.5) is 5.69 Å². The normalized spacial score (nSPS) is 17.3. The lowest BCUT2D eigenvalue weighted by atomic mass is 10.2. The molecule has 0 saturated carbocycles. The van der Waals surface area contributed by atoms with E-state index < -0.39 is 0 Å². The molecule has 0 aliphatic carbocycles. The molecule has 1 aromatic rings. The minimum absolute atomic E-state index is 0.0588. The summed E-state index contributed by atoms with van der Waals surface area (Å²) in [6, 6.07) is 9.53. The van der Waals surface area contributed by atoms with Crippen molar-refractivity contribution in [2.24, 2.45) is 0 Å². The summed E-state index contributed by atoms with van der Waals surface area (Å²) >= 11 is 0. The number of nitrogens with zero attached hydrogens (tertiary/aromatic N) is 2. The summed E-state index contributed by atoms with van der Waals surface area (Å²) in [4.78, 5) is 27.7. The van der Waals surface area contributed by atoms with Gasteiger partial charge >= 0.3 is 0 Å². The molecule has 1 heterocycles. The Morgan fingerprint density at radius 3 is 2.55 bits per heavy atom. The number of likely N-dealkylation sites (N-methyl/N-ethyl adjacent to an activating group) is 1. The molecular weight excluding hydrogens is 280 g/mol. The van der Waals surface area contributed by atoms with Gasteiger partial charge in [-0.25, -0.2) is 0 Å². The molecule has 1 fully saturated rings. The second kappa shape index (κ2) is 7.94. The molecule has 1 atom stereocenters. The highest BCUT2D eigenvalue weighted by molar-refractivity contribution is 5.96. The van der Waals surface area contributed by atoms with Crippen LogP contribution in [0.15, 0.2) is 30.3 Å². The number of hydrogen-bond acceptors (Lipinski definition) is 3. The second-order valence-electron chi connectivity index (χ2n) is 5.51. The van der Waals surface area contributed by atoms with Crippen molar-refractivity contribution in [2.45, 2.75) is 32.8 Å². The fourth-order valence-electron chi connectivity index (χ4n) is 2.70. The predicted molar refractivity (Wildman–Crippen MR) is 85.7 cm³/mol. The summed E-state index contributed by atoms with van der Waals surface area (Å²) in [5.41, 5.74) is 0.857. The van der Waals surface area contributed by atoms with E-state index in [4.69, 9.17) is 4.74 Å². The zero-order valence-electron chi connectivity index (χ0n) is 13.3. The Labute approximate surface area is 131 Å². The van der Waals surface area contributed by atoms with E-state index in [9.17, 15) is 9.59 Å². The largest absolute Gasteiger partial charge is 0.376 e. The third-order valence-corrected chi connectivity index (χ3v) is 3.90. The molecule has 0 spiro atoms. The van der Waals surface area contributed by atoms with Gasteiger partial charge in [-0.15, -0.1) is 0 Å². The van der Waals surface area contributed by atoms with Gasteiger partial charge in [0.25, 0.3) is 0 Å². The van der Waals surface area contributed by atoms with E-state index in [2.05, 4.69) is 0 Å². The molecule has 120 valence electrons. The highest BCUT2D eigenvalue weighted by atomic mass is 16.5. The number of amides is 2. The number of para-hydroxylation sites is 1. The van der Waals surface area contributed by atoms with Gasteiger partial charge < -0.3 is 14.5 Å². The van der Waals surface area contributed by atoms with E-state index in [1.165, 1.54) is 6.92 Å². The molecule has 2 rings (SSSR count). The molecule has 1 aromatic carbocycles. The summed E-state index contributed by atoms with van der Waals surface area (Å²) in [5, 5.41) is 0. The van der Waals surface area contributed by atoms with Crippen molar-refractivity contribution in [3.8, 4) is 0 Å². The molecule has 22 heavy (non-hydrogen) atoms. The van der Waals surface area contributed by atoms with Gasteiger partial charge in [-0.3, -0.25) is 9.59 Å². The maximum Gasteiger partial charge on any atom is 0.246 e. The molecule has 1 saturated heterocycles. The van der Waals surface area contributed by atoms with Crippen LogP contribution in [0.3, 0.4) is 0 Å². The minimum Gasteiger partial charge on any atom is -0.376 e. The van der Waals surface area contributed by atoms with Gasteiger partial charge in [0.2, 0.25) is 11.8 Å². The number of benzene rings is 1. The van der Waals surface area contributed by atoms with Crippen molar-refractivity contribution in [1.82, 2.24) is 4.90 Å². The van der Waals surface area contributed by atoms with Crippen molar-refractivity contribution in [2.75, 3.05) is 31.1 Å². The molecule has 0 aromatic heterocycles. The summed E-state index contributed by atoms with van der Waals surface area (Å²) in [5.74, 6) is -0.158. The maximum absolute atomic E-state index is 12.6. The van der Waals surface area contributed by atoms with Crippen LogP contribution in [0.2, 0.25) is 0 Å². The third-order valence-electron chi connectivity index (χ3n) is 3.90. The quantitative estimate of drug-likeness (QED) is 0.808. The van der Waals surface area contributed by atoms with Crippen molar-refractivity contribution >= 4 is 17.5 Å². The SMILES string of the molecule is CCN(C(=O)CN(CC1CCCO1)C(C)=O)c1ccccc1. The second-order valence-corrected chi connectivity index (χ2v) is 5.51. The van der Waals surface area contributed by atoms with Crippen LogP contribution in [0, 0.1) is 0 Å². The van der Waals surface area contributed by atoms with Crippen molar-refractivity contribution in [1.29, 1.82) is 0 Å². The van der Waals surface area contributed by atoms with Crippen LogP contribution < -0.4 is 4.90 Å². The Balaban J connectivity index is 2.01. The standard InChI is InChI=1S/C17H24N2O3/c1-3-19(15-8-5-4-6-9-15)17(21)13-18(14(2)20)12-16-10-7-11-22-16/h4-6,8-9,16H,3,7,10-13H2,1-2H3. The Hall–Kier alpha value is -1.88. The molecule has 0 radical (unpaired) electrons. The van der Waals surface area contributed by atoms with Gasteiger partial charge in [-0.2, -0.15) is 0 Å². The molecule has 5 heteroatoms. The molecule has 2 amide bonds. The average Bonchev–Trinajstić information content (AvgIpc) is 3.01. The van der Waals surface area contributed by atoms with Gasteiger partial charge in [0.1, 0.15) is 6.54 Å². The molecular formula is C17H24N2O3. The number of anilines is 1. The zero-order valence-corrected chi connectivity index (χ0v) is 13.3. The number of carbonyl (C=O) groups is 2. The summed E-state index contributed by atoms with van der Waals surface area (Å²) < 4.78 is 5.57. The number of ether oxygens (including phenoxy) is 1. The van der Waals surface area contributed by atoms with Crippen LogP contribution in [-0.4, -0.2) is 49.1 Å². The monoisotopic (exact) mass is 304 g/mol. The minimum atomic E-state index is -0.0898. The lowest BCUT2D eigenvalue weighted by Gasteiger charge is -2.27. The van der Waals surface area contributed by atoms with Gasteiger partial charge in [0.05, 0.1) is 6.10 Å². The first-order chi connectivity index (χ1) is 10.6. The van der Waals surface area contributed by atoms with Gasteiger partial charge in [0.15, 0.2) is 0 Å². The van der Waals surface area contributed by atoms with Crippen LogP contribution in [0.5, 0.6) is 0 Å². The Kier molecular flexibility index (Phi) is 5.95. The van der Waals surface area contributed by atoms with Gasteiger partial charge in [-0.05, 0) is 31.9 Å². The first kappa shape index (κ1) is 16.5. The maximum atomic E-state index is 12.6. The number of rotatable bonds is 6. The molecule has 1 aliphatic heterocycles. The lowest BCUT2D eigenvalue weighted by molar-refractivity contribution is -0.134. The van der Waals surface area contributed by atoms with E-state index in [1.54, 1.807) is 9.80 Å². The van der Waals surface area contributed by atoms with E-state index in [-0.39, 0.29) is 24.5 Å². The van der Waals surface area contributed by atoms with E-state index in [0.29, 0.717) is 13.1 Å².